The van der Waals surface area contributed by atoms with Gasteiger partial charge in [-0.25, -0.2) is 0 Å². The molecule has 0 radical (unpaired) electrons. The summed E-state index contributed by atoms with van der Waals surface area (Å²) in [5.41, 5.74) is 3.79. The lowest BCUT2D eigenvalue weighted by atomic mass is 9.34. The van der Waals surface area contributed by atoms with Crippen molar-refractivity contribution in [3.05, 3.63) is 12.2 Å². The molecule has 0 N–H and O–H groups in total. The van der Waals surface area contributed by atoms with E-state index in [4.69, 9.17) is 0 Å². The average Bonchev–Trinajstić information content (AvgIpc) is 2.99. The van der Waals surface area contributed by atoms with Crippen molar-refractivity contribution >= 4 is 0 Å². The minimum Gasteiger partial charge on any atom is -0.0999 e. The molecule has 0 nitrogen and oxygen atoms in total. The van der Waals surface area contributed by atoms with Crippen LogP contribution in [0.4, 0.5) is 0 Å². The number of hydrogen-bond donors (Lipinski definition) is 0. The molecule has 0 aliphatic heterocycles. The molecule has 0 saturated heterocycles. The van der Waals surface area contributed by atoms with Crippen molar-refractivity contribution in [1.29, 1.82) is 0 Å². The van der Waals surface area contributed by atoms with Crippen LogP contribution in [-0.4, -0.2) is 0 Å². The Kier molecular flexibility index (Phi) is 4.54. The highest BCUT2D eigenvalue weighted by atomic mass is 14.7. The van der Waals surface area contributed by atoms with Crippen LogP contribution in [0.3, 0.4) is 0 Å². The summed E-state index contributed by atoms with van der Waals surface area (Å²) in [5, 5.41) is 0. The standard InChI is InChI=1S/C29H48/c1-19(2)20-12-16-27(5)23(20)14-18-29(7)25(27)11-10-24-21-9-8-15-26(3,4)22(21)13-17-28(24,29)6/h20-25H,1,8-18H2,2-7H3/t20-,21+,22-,23+,24-,25?,27+,28-,29-/m1/s1. The zero-order valence-corrected chi connectivity index (χ0v) is 20.4. The molecular formula is C29H48. The van der Waals surface area contributed by atoms with Gasteiger partial charge in [-0.15, -0.1) is 0 Å². The van der Waals surface area contributed by atoms with Gasteiger partial charge >= 0.3 is 0 Å². The van der Waals surface area contributed by atoms with Crippen LogP contribution < -0.4 is 0 Å². The predicted octanol–water partition coefficient (Wildman–Crippen LogP) is 8.66. The Morgan fingerprint density at radius 1 is 0.690 bits per heavy atom. The largest absolute Gasteiger partial charge is 0.0999 e. The molecule has 5 aliphatic rings. The molecular weight excluding hydrogens is 348 g/mol. The second kappa shape index (κ2) is 6.38. The number of allylic oxidation sites excluding steroid dienone is 1. The summed E-state index contributed by atoms with van der Waals surface area (Å²) >= 11 is 0. The molecule has 0 aromatic carbocycles. The third kappa shape index (κ3) is 2.56. The van der Waals surface area contributed by atoms with Crippen molar-refractivity contribution in [2.45, 2.75) is 112 Å². The van der Waals surface area contributed by atoms with E-state index < -0.39 is 0 Å². The Morgan fingerprint density at radius 2 is 1.38 bits per heavy atom. The first-order valence-corrected chi connectivity index (χ1v) is 13.2. The zero-order valence-electron chi connectivity index (χ0n) is 20.4. The quantitative estimate of drug-likeness (QED) is 0.389. The smallest absolute Gasteiger partial charge is 0.0175 e. The van der Waals surface area contributed by atoms with Gasteiger partial charge in [0.15, 0.2) is 0 Å². The lowest BCUT2D eigenvalue weighted by molar-refractivity contribution is -0.214. The molecule has 5 saturated carbocycles. The van der Waals surface area contributed by atoms with Crippen LogP contribution in [0.15, 0.2) is 12.2 Å². The molecule has 5 aliphatic carbocycles. The monoisotopic (exact) mass is 396 g/mol. The van der Waals surface area contributed by atoms with Gasteiger partial charge in [-0.2, -0.15) is 0 Å². The van der Waals surface area contributed by atoms with E-state index in [1.165, 1.54) is 76.2 Å². The highest BCUT2D eigenvalue weighted by Gasteiger charge is 2.67. The fraction of sp³-hybridized carbons (Fsp3) is 0.931. The van der Waals surface area contributed by atoms with Crippen molar-refractivity contribution in [3.8, 4) is 0 Å². The normalized spacial score (nSPS) is 55.9. The molecule has 5 fully saturated rings. The highest BCUT2D eigenvalue weighted by molar-refractivity contribution is 5.19. The Morgan fingerprint density at radius 3 is 2.10 bits per heavy atom. The van der Waals surface area contributed by atoms with Gasteiger partial charge in [-0.1, -0.05) is 53.2 Å². The SMILES string of the molecule is C=C(C)[C@H]1CC[C@]2(C)C3CC[C@@H]4[C@H]5CCCC(C)(C)[C@@H]5CC[C@@]4(C)[C@]3(C)CC[C@@H]12. The van der Waals surface area contributed by atoms with Gasteiger partial charge in [0.1, 0.15) is 0 Å². The third-order valence-electron chi connectivity index (χ3n) is 12.8. The van der Waals surface area contributed by atoms with Crippen LogP contribution >= 0.6 is 0 Å². The second-order valence-electron chi connectivity index (χ2n) is 13.9. The predicted molar refractivity (Wildman–Crippen MR) is 125 cm³/mol. The average molecular weight is 397 g/mol. The van der Waals surface area contributed by atoms with E-state index in [2.05, 4.69) is 48.1 Å². The van der Waals surface area contributed by atoms with E-state index in [9.17, 15) is 0 Å². The van der Waals surface area contributed by atoms with Crippen molar-refractivity contribution in [1.82, 2.24) is 0 Å². The Bertz CT molecular complexity index is 686. The maximum Gasteiger partial charge on any atom is -0.0175 e. The maximum absolute atomic E-state index is 4.42. The highest BCUT2D eigenvalue weighted by Crippen LogP contribution is 2.75. The van der Waals surface area contributed by atoms with E-state index in [0.29, 0.717) is 21.7 Å². The van der Waals surface area contributed by atoms with Crippen molar-refractivity contribution in [3.63, 3.8) is 0 Å². The summed E-state index contributed by atoms with van der Waals surface area (Å²) in [6, 6.07) is 0. The Labute approximate surface area is 181 Å². The molecule has 9 atom stereocenters. The lowest BCUT2D eigenvalue weighted by Gasteiger charge is -2.70. The Balaban J connectivity index is 1.49. The first kappa shape index (κ1) is 20.6. The minimum atomic E-state index is 0.567. The van der Waals surface area contributed by atoms with Gasteiger partial charge in [0.25, 0.3) is 0 Å². The number of hydrogen-bond acceptors (Lipinski definition) is 0. The summed E-state index contributed by atoms with van der Waals surface area (Å²) in [4.78, 5) is 0. The van der Waals surface area contributed by atoms with E-state index in [1.807, 2.05) is 0 Å². The lowest BCUT2D eigenvalue weighted by Crippen LogP contribution is -2.63. The van der Waals surface area contributed by atoms with E-state index in [1.54, 1.807) is 0 Å². The molecule has 0 aromatic heterocycles. The van der Waals surface area contributed by atoms with Gasteiger partial charge in [0.05, 0.1) is 0 Å². The van der Waals surface area contributed by atoms with Gasteiger partial charge in [-0.3, -0.25) is 0 Å². The second-order valence-corrected chi connectivity index (χ2v) is 13.9. The summed E-state index contributed by atoms with van der Waals surface area (Å²) in [7, 11) is 0. The summed E-state index contributed by atoms with van der Waals surface area (Å²) in [6.45, 7) is 20.2. The molecule has 0 aromatic rings. The van der Waals surface area contributed by atoms with Gasteiger partial charge in [0.2, 0.25) is 0 Å². The van der Waals surface area contributed by atoms with E-state index >= 15 is 0 Å². The summed E-state index contributed by atoms with van der Waals surface area (Å²) in [6.07, 6.45) is 16.4. The molecule has 29 heavy (non-hydrogen) atoms. The van der Waals surface area contributed by atoms with Crippen molar-refractivity contribution in [2.24, 2.45) is 57.2 Å². The number of rotatable bonds is 1. The minimum absolute atomic E-state index is 0.567. The van der Waals surface area contributed by atoms with Crippen molar-refractivity contribution in [2.75, 3.05) is 0 Å². The molecule has 0 heteroatoms. The van der Waals surface area contributed by atoms with Crippen LogP contribution in [-0.2, 0) is 0 Å². The molecule has 1 unspecified atom stereocenters. The van der Waals surface area contributed by atoms with Crippen LogP contribution in [0.1, 0.15) is 112 Å². The summed E-state index contributed by atoms with van der Waals surface area (Å²) < 4.78 is 0. The molecule has 0 amide bonds. The fourth-order valence-electron chi connectivity index (χ4n) is 11.1. The topological polar surface area (TPSA) is 0 Å². The first-order valence-electron chi connectivity index (χ1n) is 13.2. The van der Waals surface area contributed by atoms with Gasteiger partial charge < -0.3 is 0 Å². The maximum atomic E-state index is 4.42. The molecule has 0 bridgehead atoms. The molecule has 0 heterocycles. The molecule has 0 spiro atoms. The van der Waals surface area contributed by atoms with E-state index in [-0.39, 0.29) is 0 Å². The molecule has 164 valence electrons. The molecule has 5 rings (SSSR count). The van der Waals surface area contributed by atoms with Crippen LogP contribution in [0.5, 0.6) is 0 Å². The van der Waals surface area contributed by atoms with Crippen molar-refractivity contribution < 1.29 is 0 Å². The Hall–Kier alpha value is -0.260. The third-order valence-corrected chi connectivity index (χ3v) is 12.8. The van der Waals surface area contributed by atoms with Crippen LogP contribution in [0.2, 0.25) is 0 Å². The number of fused-ring (bicyclic) bond motifs is 7. The van der Waals surface area contributed by atoms with Crippen LogP contribution in [0.25, 0.3) is 0 Å². The fourth-order valence-corrected chi connectivity index (χ4v) is 11.1. The van der Waals surface area contributed by atoms with Crippen LogP contribution in [0, 0.1) is 57.2 Å². The zero-order chi connectivity index (χ0) is 20.8. The first-order chi connectivity index (χ1) is 13.5. The van der Waals surface area contributed by atoms with Gasteiger partial charge in [0, 0.05) is 0 Å². The van der Waals surface area contributed by atoms with E-state index in [0.717, 1.165) is 35.5 Å². The van der Waals surface area contributed by atoms with Gasteiger partial charge in [-0.05, 0) is 128 Å². The summed E-state index contributed by atoms with van der Waals surface area (Å²) in [5.74, 6) is 5.70.